The van der Waals surface area contributed by atoms with Crippen molar-refractivity contribution in [3.63, 3.8) is 0 Å². The third-order valence-corrected chi connectivity index (χ3v) is 2.44. The second-order valence-electron chi connectivity index (χ2n) is 3.48. The molecule has 0 aliphatic rings. The molecule has 0 radical (unpaired) electrons. The summed E-state index contributed by atoms with van der Waals surface area (Å²) in [5.74, 6) is -0.210. The van der Waals surface area contributed by atoms with Gasteiger partial charge in [0.15, 0.2) is 0 Å². The van der Waals surface area contributed by atoms with Crippen LogP contribution in [0.25, 0.3) is 0 Å². The van der Waals surface area contributed by atoms with Crippen molar-refractivity contribution >= 4 is 0 Å². The number of halogens is 1. The maximum atomic E-state index is 12.8. The van der Waals surface area contributed by atoms with Crippen molar-refractivity contribution in [1.29, 1.82) is 0 Å². The molecule has 2 atom stereocenters. The topological polar surface area (TPSA) is 21.3 Å². The number of benzene rings is 1. The normalized spacial score (nSPS) is 14.9. The molecule has 1 aromatic rings. The van der Waals surface area contributed by atoms with Gasteiger partial charge in [0, 0.05) is 6.61 Å². The van der Waals surface area contributed by atoms with E-state index in [-0.39, 0.29) is 18.0 Å². The zero-order chi connectivity index (χ0) is 11.3. The summed E-state index contributed by atoms with van der Waals surface area (Å²) in [7, 11) is 1.88. The van der Waals surface area contributed by atoms with Gasteiger partial charge in [-0.05, 0) is 38.6 Å². The first-order valence-electron chi connectivity index (χ1n) is 5.23. The molecule has 0 bridgehead atoms. The Balaban J connectivity index is 2.77. The van der Waals surface area contributed by atoms with E-state index < -0.39 is 0 Å². The highest BCUT2D eigenvalue weighted by Crippen LogP contribution is 2.19. The van der Waals surface area contributed by atoms with Crippen LogP contribution in [0.2, 0.25) is 0 Å². The van der Waals surface area contributed by atoms with Gasteiger partial charge in [0.1, 0.15) is 5.82 Å². The van der Waals surface area contributed by atoms with Crippen molar-refractivity contribution in [1.82, 2.24) is 5.32 Å². The van der Waals surface area contributed by atoms with Gasteiger partial charge in [-0.1, -0.05) is 12.1 Å². The Morgan fingerprint density at radius 2 is 1.93 bits per heavy atom. The van der Waals surface area contributed by atoms with Crippen LogP contribution in [0.5, 0.6) is 0 Å². The third kappa shape index (κ3) is 3.29. The molecule has 2 nitrogen and oxygen atoms in total. The van der Waals surface area contributed by atoms with Crippen LogP contribution < -0.4 is 5.32 Å². The number of ether oxygens (including phenoxy) is 1. The average Bonchev–Trinajstić information content (AvgIpc) is 2.22. The van der Waals surface area contributed by atoms with Crippen LogP contribution >= 0.6 is 0 Å². The summed E-state index contributed by atoms with van der Waals surface area (Å²) in [5.41, 5.74) is 1.04. The van der Waals surface area contributed by atoms with Crippen molar-refractivity contribution in [2.24, 2.45) is 0 Å². The maximum Gasteiger partial charge on any atom is 0.123 e. The SMILES string of the molecule is CCOC(C)C(NC)c1ccc(F)cc1. The van der Waals surface area contributed by atoms with E-state index in [9.17, 15) is 4.39 Å². The first kappa shape index (κ1) is 12.1. The van der Waals surface area contributed by atoms with Gasteiger partial charge in [-0.15, -0.1) is 0 Å². The maximum absolute atomic E-state index is 12.8. The van der Waals surface area contributed by atoms with E-state index in [0.29, 0.717) is 6.61 Å². The molecule has 1 rings (SSSR count). The van der Waals surface area contributed by atoms with Crippen LogP contribution in [0.4, 0.5) is 4.39 Å². The number of nitrogens with one attached hydrogen (secondary N) is 1. The predicted octanol–water partition coefficient (Wildman–Crippen LogP) is 2.51. The standard InChI is InChI=1S/C12H18FNO/c1-4-15-9(2)12(14-3)10-5-7-11(13)8-6-10/h5-9,12,14H,4H2,1-3H3. The summed E-state index contributed by atoms with van der Waals surface area (Å²) in [6.07, 6.45) is 0.0745. The van der Waals surface area contributed by atoms with Gasteiger partial charge in [-0.2, -0.15) is 0 Å². The molecule has 84 valence electrons. The number of hydrogen-bond donors (Lipinski definition) is 1. The van der Waals surface area contributed by atoms with Gasteiger partial charge >= 0.3 is 0 Å². The minimum Gasteiger partial charge on any atom is -0.377 e. The van der Waals surface area contributed by atoms with Crippen molar-refractivity contribution in [3.05, 3.63) is 35.6 Å². The first-order valence-corrected chi connectivity index (χ1v) is 5.23. The van der Waals surface area contributed by atoms with Gasteiger partial charge in [-0.25, -0.2) is 4.39 Å². The third-order valence-electron chi connectivity index (χ3n) is 2.44. The Morgan fingerprint density at radius 3 is 2.40 bits per heavy atom. The fraction of sp³-hybridized carbons (Fsp3) is 0.500. The van der Waals surface area contributed by atoms with E-state index in [1.54, 1.807) is 12.1 Å². The minimum absolute atomic E-state index is 0.0745. The quantitative estimate of drug-likeness (QED) is 0.808. The van der Waals surface area contributed by atoms with Gasteiger partial charge in [0.2, 0.25) is 0 Å². The van der Waals surface area contributed by atoms with Crippen LogP contribution in [0, 0.1) is 5.82 Å². The molecule has 0 fully saturated rings. The van der Waals surface area contributed by atoms with Gasteiger partial charge in [0.05, 0.1) is 12.1 Å². The highest BCUT2D eigenvalue weighted by molar-refractivity contribution is 5.20. The van der Waals surface area contributed by atoms with Crippen LogP contribution in [-0.2, 0) is 4.74 Å². The van der Waals surface area contributed by atoms with E-state index in [4.69, 9.17) is 4.74 Å². The molecule has 0 spiro atoms. The van der Waals surface area contributed by atoms with Crippen molar-refractivity contribution in [2.75, 3.05) is 13.7 Å². The average molecular weight is 211 g/mol. The summed E-state index contributed by atoms with van der Waals surface area (Å²) < 4.78 is 18.3. The van der Waals surface area contributed by atoms with Gasteiger partial charge in [-0.3, -0.25) is 0 Å². The van der Waals surface area contributed by atoms with Crippen LogP contribution in [0.1, 0.15) is 25.5 Å². The number of rotatable bonds is 5. The number of likely N-dealkylation sites (N-methyl/N-ethyl adjacent to an activating group) is 1. The van der Waals surface area contributed by atoms with Gasteiger partial charge < -0.3 is 10.1 Å². The molecule has 0 aromatic heterocycles. The molecule has 0 aliphatic heterocycles. The summed E-state index contributed by atoms with van der Waals surface area (Å²) in [6, 6.07) is 6.61. The Labute approximate surface area is 90.4 Å². The lowest BCUT2D eigenvalue weighted by Crippen LogP contribution is -2.29. The minimum atomic E-state index is -0.210. The van der Waals surface area contributed by atoms with Crippen molar-refractivity contribution in [3.8, 4) is 0 Å². The molecular weight excluding hydrogens is 193 g/mol. The highest BCUT2D eigenvalue weighted by atomic mass is 19.1. The second-order valence-corrected chi connectivity index (χ2v) is 3.48. The molecule has 1 aromatic carbocycles. The molecule has 0 saturated carbocycles. The van der Waals surface area contributed by atoms with E-state index in [0.717, 1.165) is 5.56 Å². The summed E-state index contributed by atoms with van der Waals surface area (Å²) >= 11 is 0. The lowest BCUT2D eigenvalue weighted by Gasteiger charge is -2.23. The lowest BCUT2D eigenvalue weighted by molar-refractivity contribution is 0.0493. The summed E-state index contributed by atoms with van der Waals surface area (Å²) in [5, 5.41) is 3.17. The molecule has 0 amide bonds. The van der Waals surface area contributed by atoms with Crippen molar-refractivity contribution < 1.29 is 9.13 Å². The monoisotopic (exact) mass is 211 g/mol. The van der Waals surface area contributed by atoms with E-state index in [1.165, 1.54) is 12.1 Å². The Kier molecular flexibility index (Phi) is 4.72. The fourth-order valence-corrected chi connectivity index (χ4v) is 1.70. The molecule has 0 saturated heterocycles. The molecule has 3 heteroatoms. The van der Waals surface area contributed by atoms with Gasteiger partial charge in [0.25, 0.3) is 0 Å². The summed E-state index contributed by atoms with van der Waals surface area (Å²) in [6.45, 7) is 4.66. The van der Waals surface area contributed by atoms with Crippen LogP contribution in [0.15, 0.2) is 24.3 Å². The zero-order valence-electron chi connectivity index (χ0n) is 9.46. The number of hydrogen-bond acceptors (Lipinski definition) is 2. The summed E-state index contributed by atoms with van der Waals surface area (Å²) in [4.78, 5) is 0. The zero-order valence-corrected chi connectivity index (χ0v) is 9.46. The van der Waals surface area contributed by atoms with Crippen LogP contribution in [-0.4, -0.2) is 19.8 Å². The largest absolute Gasteiger partial charge is 0.377 e. The Hall–Kier alpha value is -0.930. The van der Waals surface area contributed by atoms with Crippen LogP contribution in [0.3, 0.4) is 0 Å². The van der Waals surface area contributed by atoms with Crippen molar-refractivity contribution in [2.45, 2.75) is 26.0 Å². The van der Waals surface area contributed by atoms with E-state index >= 15 is 0 Å². The molecule has 2 unspecified atom stereocenters. The molecule has 1 N–H and O–H groups in total. The molecule has 0 heterocycles. The Morgan fingerprint density at radius 1 is 1.33 bits per heavy atom. The predicted molar refractivity (Wildman–Crippen MR) is 59.3 cm³/mol. The lowest BCUT2D eigenvalue weighted by atomic mass is 10.0. The smallest absolute Gasteiger partial charge is 0.123 e. The van der Waals surface area contributed by atoms with E-state index in [2.05, 4.69) is 5.32 Å². The Bertz CT molecular complexity index is 286. The van der Waals surface area contributed by atoms with E-state index in [1.807, 2.05) is 20.9 Å². The molecule has 0 aliphatic carbocycles. The molecule has 15 heavy (non-hydrogen) atoms. The highest BCUT2D eigenvalue weighted by Gasteiger charge is 2.17. The first-order chi connectivity index (χ1) is 7.19. The fourth-order valence-electron chi connectivity index (χ4n) is 1.70. The second kappa shape index (κ2) is 5.83. The molecular formula is C12H18FNO.